The van der Waals surface area contributed by atoms with E-state index in [1.807, 2.05) is 0 Å². The molecule has 0 spiro atoms. The maximum absolute atomic E-state index is 5.86. The molecule has 0 saturated heterocycles. The second-order valence-corrected chi connectivity index (χ2v) is 4.24. The van der Waals surface area contributed by atoms with Gasteiger partial charge in [-0.2, -0.15) is 0 Å². The van der Waals surface area contributed by atoms with E-state index >= 15 is 0 Å². The fourth-order valence-electron chi connectivity index (χ4n) is 1.13. The second-order valence-electron chi connectivity index (χ2n) is 3.16. The highest BCUT2D eigenvalue weighted by Crippen LogP contribution is 2.28. The number of aromatic nitrogens is 2. The highest BCUT2D eigenvalue weighted by molar-refractivity contribution is 6.42. The van der Waals surface area contributed by atoms with E-state index in [1.165, 1.54) is 6.20 Å². The Morgan fingerprint density at radius 1 is 1.06 bits per heavy atom. The molecule has 0 fully saturated rings. The molecule has 2 aromatic rings. The van der Waals surface area contributed by atoms with Crippen LogP contribution >= 0.6 is 34.8 Å². The van der Waals surface area contributed by atoms with Crippen LogP contribution in [0.1, 0.15) is 5.69 Å². The Kier molecular flexibility index (Phi) is 4.05. The van der Waals surface area contributed by atoms with Crippen LogP contribution in [-0.2, 0) is 5.88 Å². The van der Waals surface area contributed by atoms with Gasteiger partial charge in [0.15, 0.2) is 0 Å². The monoisotopic (exact) mass is 288 g/mol. The van der Waals surface area contributed by atoms with Gasteiger partial charge in [-0.15, -0.1) is 11.6 Å². The van der Waals surface area contributed by atoms with E-state index in [4.69, 9.17) is 39.5 Å². The molecule has 0 saturated carbocycles. The fraction of sp³-hybridized carbons (Fsp3) is 0.0909. The number of alkyl halides is 1. The van der Waals surface area contributed by atoms with E-state index in [9.17, 15) is 0 Å². The van der Waals surface area contributed by atoms with Crippen molar-refractivity contribution in [2.24, 2.45) is 0 Å². The van der Waals surface area contributed by atoms with E-state index in [0.717, 1.165) is 0 Å². The van der Waals surface area contributed by atoms with Crippen LogP contribution in [0.5, 0.6) is 11.6 Å². The molecule has 0 bridgehead atoms. The van der Waals surface area contributed by atoms with Crippen molar-refractivity contribution < 1.29 is 4.74 Å². The van der Waals surface area contributed by atoms with Gasteiger partial charge in [0.05, 0.1) is 34.0 Å². The quantitative estimate of drug-likeness (QED) is 0.790. The molecule has 0 radical (unpaired) electrons. The van der Waals surface area contributed by atoms with E-state index in [2.05, 4.69) is 9.97 Å². The molecule has 0 aliphatic rings. The summed E-state index contributed by atoms with van der Waals surface area (Å²) in [6, 6.07) is 4.96. The molecular weight excluding hydrogens is 282 g/mol. The van der Waals surface area contributed by atoms with Gasteiger partial charge in [0.1, 0.15) is 5.75 Å². The number of hydrogen-bond acceptors (Lipinski definition) is 3. The summed E-state index contributed by atoms with van der Waals surface area (Å²) < 4.78 is 5.45. The minimum Gasteiger partial charge on any atom is -0.437 e. The van der Waals surface area contributed by atoms with Crippen LogP contribution < -0.4 is 4.74 Å². The topological polar surface area (TPSA) is 35.0 Å². The van der Waals surface area contributed by atoms with E-state index in [0.29, 0.717) is 33.2 Å². The van der Waals surface area contributed by atoms with Crippen molar-refractivity contribution in [3.63, 3.8) is 0 Å². The maximum Gasteiger partial charge on any atom is 0.237 e. The minimum atomic E-state index is 0.319. The standard InChI is InChI=1S/C11H7Cl3N2O/c12-4-7-5-16-11(6-15-7)17-8-1-2-9(13)10(14)3-8/h1-3,5-6H,4H2. The number of nitrogens with zero attached hydrogens (tertiary/aromatic N) is 2. The Balaban J connectivity index is 2.16. The smallest absolute Gasteiger partial charge is 0.237 e. The summed E-state index contributed by atoms with van der Waals surface area (Å²) >= 11 is 17.3. The SMILES string of the molecule is ClCc1cnc(Oc2ccc(Cl)c(Cl)c2)cn1. The molecule has 0 aliphatic heterocycles. The first-order valence-electron chi connectivity index (χ1n) is 4.69. The Hall–Kier alpha value is -1.03. The number of hydrogen-bond donors (Lipinski definition) is 0. The fourth-order valence-corrected chi connectivity index (χ4v) is 1.55. The van der Waals surface area contributed by atoms with Crippen molar-refractivity contribution in [1.82, 2.24) is 9.97 Å². The van der Waals surface area contributed by atoms with Crippen LogP contribution in [0.2, 0.25) is 10.0 Å². The van der Waals surface area contributed by atoms with Crippen molar-refractivity contribution in [3.8, 4) is 11.6 Å². The third-order valence-corrected chi connectivity index (χ3v) is 2.94. The predicted molar refractivity (Wildman–Crippen MR) is 68.1 cm³/mol. The molecular formula is C11H7Cl3N2O. The minimum absolute atomic E-state index is 0.319. The molecule has 0 atom stereocenters. The Morgan fingerprint density at radius 3 is 2.47 bits per heavy atom. The van der Waals surface area contributed by atoms with Crippen LogP contribution in [-0.4, -0.2) is 9.97 Å². The van der Waals surface area contributed by atoms with Crippen molar-refractivity contribution in [2.45, 2.75) is 5.88 Å². The van der Waals surface area contributed by atoms with Crippen LogP contribution in [0.3, 0.4) is 0 Å². The average molecular weight is 290 g/mol. The number of rotatable bonds is 3. The molecule has 0 aliphatic carbocycles. The van der Waals surface area contributed by atoms with Gasteiger partial charge in [-0.1, -0.05) is 23.2 Å². The largest absolute Gasteiger partial charge is 0.437 e. The van der Waals surface area contributed by atoms with Gasteiger partial charge in [0.25, 0.3) is 0 Å². The van der Waals surface area contributed by atoms with Crippen molar-refractivity contribution >= 4 is 34.8 Å². The van der Waals surface area contributed by atoms with Crippen LogP contribution in [0.25, 0.3) is 0 Å². The van der Waals surface area contributed by atoms with Crippen molar-refractivity contribution in [3.05, 3.63) is 46.3 Å². The zero-order valence-electron chi connectivity index (χ0n) is 8.53. The van der Waals surface area contributed by atoms with Crippen LogP contribution in [0, 0.1) is 0 Å². The first-order valence-corrected chi connectivity index (χ1v) is 5.98. The van der Waals surface area contributed by atoms with Gasteiger partial charge in [0.2, 0.25) is 5.88 Å². The molecule has 88 valence electrons. The Labute approximate surface area is 113 Å². The molecule has 0 N–H and O–H groups in total. The highest BCUT2D eigenvalue weighted by atomic mass is 35.5. The molecule has 3 nitrogen and oxygen atoms in total. The summed E-state index contributed by atoms with van der Waals surface area (Å²) in [4.78, 5) is 8.11. The van der Waals surface area contributed by atoms with Crippen molar-refractivity contribution in [2.75, 3.05) is 0 Å². The predicted octanol–water partition coefficient (Wildman–Crippen LogP) is 4.31. The third-order valence-electron chi connectivity index (χ3n) is 1.93. The summed E-state index contributed by atoms with van der Waals surface area (Å²) in [6.45, 7) is 0. The zero-order valence-corrected chi connectivity index (χ0v) is 10.8. The molecule has 1 aromatic carbocycles. The summed E-state index contributed by atoms with van der Waals surface area (Å²) in [5.74, 6) is 1.24. The molecule has 2 rings (SSSR count). The Bertz CT molecular complexity index is 517. The van der Waals surface area contributed by atoms with Gasteiger partial charge in [-0.3, -0.25) is 4.98 Å². The number of halogens is 3. The summed E-state index contributed by atoms with van der Waals surface area (Å²) in [5, 5.41) is 0.900. The summed E-state index contributed by atoms with van der Waals surface area (Å²) in [5.41, 5.74) is 0.688. The summed E-state index contributed by atoms with van der Waals surface area (Å²) in [7, 11) is 0. The first kappa shape index (κ1) is 12.4. The third kappa shape index (κ3) is 3.22. The van der Waals surface area contributed by atoms with Gasteiger partial charge < -0.3 is 4.74 Å². The van der Waals surface area contributed by atoms with Gasteiger partial charge in [-0.05, 0) is 12.1 Å². The summed E-state index contributed by atoms with van der Waals surface area (Å²) in [6.07, 6.45) is 3.06. The lowest BCUT2D eigenvalue weighted by Gasteiger charge is -2.05. The van der Waals surface area contributed by atoms with Gasteiger partial charge >= 0.3 is 0 Å². The van der Waals surface area contributed by atoms with Crippen LogP contribution in [0.4, 0.5) is 0 Å². The molecule has 6 heteroatoms. The maximum atomic E-state index is 5.86. The van der Waals surface area contributed by atoms with Crippen molar-refractivity contribution in [1.29, 1.82) is 0 Å². The molecule has 1 aromatic heterocycles. The average Bonchev–Trinajstić information content (AvgIpc) is 2.35. The van der Waals surface area contributed by atoms with Crippen LogP contribution in [0.15, 0.2) is 30.6 Å². The number of ether oxygens (including phenoxy) is 1. The lowest BCUT2D eigenvalue weighted by molar-refractivity contribution is 0.459. The zero-order chi connectivity index (χ0) is 12.3. The van der Waals surface area contributed by atoms with E-state index < -0.39 is 0 Å². The first-order chi connectivity index (χ1) is 8.19. The van der Waals surface area contributed by atoms with Gasteiger partial charge in [-0.25, -0.2) is 4.98 Å². The Morgan fingerprint density at radius 2 is 1.88 bits per heavy atom. The molecule has 0 unspecified atom stereocenters. The number of benzene rings is 1. The highest BCUT2D eigenvalue weighted by Gasteiger charge is 2.03. The van der Waals surface area contributed by atoms with E-state index in [1.54, 1.807) is 24.4 Å². The van der Waals surface area contributed by atoms with Gasteiger partial charge in [0, 0.05) is 6.07 Å². The molecule has 0 amide bonds. The van der Waals surface area contributed by atoms with E-state index in [-0.39, 0.29) is 0 Å². The normalized spacial score (nSPS) is 10.3. The molecule has 1 heterocycles. The molecule has 17 heavy (non-hydrogen) atoms. The second kappa shape index (κ2) is 5.54. The lowest BCUT2D eigenvalue weighted by atomic mass is 10.3. The lowest BCUT2D eigenvalue weighted by Crippen LogP contribution is -1.92.